The molecule has 0 spiro atoms. The highest BCUT2D eigenvalue weighted by Gasteiger charge is 2.31. The normalized spacial score (nSPS) is 17.1. The zero-order valence-electron chi connectivity index (χ0n) is 25.8. The molecule has 2 N–H and O–H groups in total. The van der Waals surface area contributed by atoms with E-state index in [1.807, 2.05) is 6.07 Å². The first kappa shape index (κ1) is 32.1. The lowest BCUT2D eigenvalue weighted by atomic mass is 10.0. The molecular formula is C32H39F2N7O4. The summed E-state index contributed by atoms with van der Waals surface area (Å²) in [7, 11) is 5.41. The second kappa shape index (κ2) is 14.6. The van der Waals surface area contributed by atoms with Gasteiger partial charge in [0, 0.05) is 63.0 Å². The van der Waals surface area contributed by atoms with Gasteiger partial charge in [-0.3, -0.25) is 9.63 Å². The maximum absolute atomic E-state index is 14.6. The number of rotatable bonds is 12. The Kier molecular flexibility index (Phi) is 10.4. The Hall–Kier alpha value is -4.33. The number of likely N-dealkylation sites (N-methyl/N-ethyl adjacent to an activating group) is 1. The van der Waals surface area contributed by atoms with Crippen LogP contribution in [0.5, 0.6) is 5.75 Å². The van der Waals surface area contributed by atoms with Crippen molar-refractivity contribution in [3.8, 4) is 5.75 Å². The molecule has 1 aromatic heterocycles. The quantitative estimate of drug-likeness (QED) is 0.266. The third-order valence-electron chi connectivity index (χ3n) is 8.21. The highest BCUT2D eigenvalue weighted by atomic mass is 19.1. The van der Waals surface area contributed by atoms with Gasteiger partial charge in [-0.05, 0) is 38.1 Å². The summed E-state index contributed by atoms with van der Waals surface area (Å²) in [6.45, 7) is 7.11. The van der Waals surface area contributed by atoms with Gasteiger partial charge in [0.25, 0.3) is 0 Å². The summed E-state index contributed by atoms with van der Waals surface area (Å²) in [5.41, 5.74) is 2.30. The number of ether oxygens (including phenoxy) is 2. The molecule has 2 saturated heterocycles. The number of hydrogen-bond donors (Lipinski definition) is 2. The van der Waals surface area contributed by atoms with E-state index >= 15 is 0 Å². The SMILES string of the molecule is C=CC(=O)Nc1cc(Nc2cc(N3OCC[C@@H]3c3ccc(F)cc3F)ncn2)c(OC)cc1N1CCC(N(C)CCOC)CC1. The maximum atomic E-state index is 14.6. The highest BCUT2D eigenvalue weighted by Crippen LogP contribution is 2.40. The lowest BCUT2D eigenvalue weighted by molar-refractivity contribution is -0.111. The number of piperidine rings is 1. The first-order valence-corrected chi connectivity index (χ1v) is 14.9. The van der Waals surface area contributed by atoms with Crippen LogP contribution < -0.4 is 25.3 Å². The predicted octanol–water partition coefficient (Wildman–Crippen LogP) is 5.06. The third kappa shape index (κ3) is 7.49. The van der Waals surface area contributed by atoms with Crippen molar-refractivity contribution in [2.24, 2.45) is 0 Å². The van der Waals surface area contributed by atoms with Gasteiger partial charge in [-0.2, -0.15) is 0 Å². The van der Waals surface area contributed by atoms with Crippen LogP contribution in [0.15, 0.2) is 55.4 Å². The topological polar surface area (TPSA) is 104 Å². The molecule has 1 atom stereocenters. The molecular weight excluding hydrogens is 584 g/mol. The van der Waals surface area contributed by atoms with Crippen LogP contribution in [-0.4, -0.2) is 80.9 Å². The second-order valence-corrected chi connectivity index (χ2v) is 11.0. The van der Waals surface area contributed by atoms with E-state index in [1.54, 1.807) is 26.4 Å². The van der Waals surface area contributed by atoms with E-state index in [4.69, 9.17) is 14.3 Å². The number of hydroxylamine groups is 1. The zero-order chi connectivity index (χ0) is 31.9. The fraction of sp³-hybridized carbons (Fsp3) is 0.406. The van der Waals surface area contributed by atoms with Gasteiger partial charge < -0.3 is 29.9 Å². The van der Waals surface area contributed by atoms with Crippen LogP contribution in [-0.2, 0) is 14.4 Å². The average molecular weight is 624 g/mol. The number of hydrogen-bond acceptors (Lipinski definition) is 10. The molecule has 1 amide bonds. The van der Waals surface area contributed by atoms with Crippen LogP contribution in [0, 0.1) is 11.6 Å². The smallest absolute Gasteiger partial charge is 0.247 e. The summed E-state index contributed by atoms with van der Waals surface area (Å²) < 4.78 is 39.2. The van der Waals surface area contributed by atoms with Crippen molar-refractivity contribution in [3.05, 3.63) is 72.6 Å². The van der Waals surface area contributed by atoms with Crippen LogP contribution >= 0.6 is 0 Å². The molecule has 3 aromatic rings. The molecule has 2 fully saturated rings. The van der Waals surface area contributed by atoms with Gasteiger partial charge in [0.05, 0.1) is 43.4 Å². The Morgan fingerprint density at radius 3 is 2.64 bits per heavy atom. The molecule has 240 valence electrons. The van der Waals surface area contributed by atoms with E-state index in [-0.39, 0.29) is 5.91 Å². The fourth-order valence-electron chi connectivity index (χ4n) is 5.77. The Balaban J connectivity index is 1.39. The number of anilines is 5. The lowest BCUT2D eigenvalue weighted by Gasteiger charge is -2.38. The van der Waals surface area contributed by atoms with Crippen LogP contribution in [0.25, 0.3) is 0 Å². The minimum atomic E-state index is -0.649. The molecule has 0 aliphatic carbocycles. The number of halogens is 2. The number of benzene rings is 2. The number of nitrogens with zero attached hydrogens (tertiary/aromatic N) is 5. The first-order valence-electron chi connectivity index (χ1n) is 14.9. The summed E-state index contributed by atoms with van der Waals surface area (Å²) in [5, 5.41) is 7.72. The molecule has 2 aromatic carbocycles. The van der Waals surface area contributed by atoms with Crippen LogP contribution in [0.1, 0.15) is 30.9 Å². The maximum Gasteiger partial charge on any atom is 0.247 e. The molecule has 13 heteroatoms. The standard InChI is InChI=1S/C32H39F2N7O4/c1-5-32(42)38-25-17-26(29(44-4)18-28(25)40-11-8-22(9-12-40)39(2)13-15-43-3)37-30-19-31(36-20-35-30)41-27(10-14-45-41)23-7-6-21(33)16-24(23)34/h5-7,16-20,22,27H,1,8-15H2,2-4H3,(H,38,42)(H,35,36,37)/t27-/m1/s1. The van der Waals surface area contributed by atoms with Crippen LogP contribution in [0.2, 0.25) is 0 Å². The molecule has 3 heterocycles. The summed E-state index contributed by atoms with van der Waals surface area (Å²) in [6, 6.07) is 8.82. The highest BCUT2D eigenvalue weighted by molar-refractivity contribution is 6.02. The number of amides is 1. The Bertz CT molecular complexity index is 1500. The number of aromatic nitrogens is 2. The lowest BCUT2D eigenvalue weighted by Crippen LogP contribution is -2.44. The van der Waals surface area contributed by atoms with E-state index in [2.05, 4.69) is 44.0 Å². The molecule has 0 radical (unpaired) electrons. The van der Waals surface area contributed by atoms with Gasteiger partial charge in [-0.1, -0.05) is 12.6 Å². The van der Waals surface area contributed by atoms with E-state index in [0.29, 0.717) is 60.0 Å². The van der Waals surface area contributed by atoms with Gasteiger partial charge in [0.1, 0.15) is 29.5 Å². The molecule has 2 aliphatic heterocycles. The van der Waals surface area contributed by atoms with Crippen molar-refractivity contribution in [3.63, 3.8) is 0 Å². The molecule has 11 nitrogen and oxygen atoms in total. The minimum Gasteiger partial charge on any atom is -0.494 e. The van der Waals surface area contributed by atoms with Gasteiger partial charge in [0.15, 0.2) is 5.82 Å². The van der Waals surface area contributed by atoms with Crippen molar-refractivity contribution in [1.82, 2.24) is 14.9 Å². The average Bonchev–Trinajstić information content (AvgIpc) is 3.54. The predicted molar refractivity (Wildman–Crippen MR) is 169 cm³/mol. The largest absolute Gasteiger partial charge is 0.494 e. The molecule has 2 aliphatic rings. The van der Waals surface area contributed by atoms with E-state index in [0.717, 1.165) is 44.2 Å². The summed E-state index contributed by atoms with van der Waals surface area (Å²) in [4.78, 5) is 31.5. The summed E-state index contributed by atoms with van der Waals surface area (Å²) in [6.07, 6.45) is 5.01. The first-order chi connectivity index (χ1) is 21.8. The second-order valence-electron chi connectivity index (χ2n) is 11.0. The molecule has 45 heavy (non-hydrogen) atoms. The van der Waals surface area contributed by atoms with Crippen molar-refractivity contribution in [1.29, 1.82) is 0 Å². The Morgan fingerprint density at radius 1 is 1.13 bits per heavy atom. The van der Waals surface area contributed by atoms with E-state index in [9.17, 15) is 13.6 Å². The van der Waals surface area contributed by atoms with Crippen molar-refractivity contribution >= 4 is 34.6 Å². The molecule has 0 unspecified atom stereocenters. The van der Waals surface area contributed by atoms with Crippen LogP contribution in [0.3, 0.4) is 0 Å². The molecule has 0 bridgehead atoms. The molecule has 5 rings (SSSR count). The molecule has 0 saturated carbocycles. The summed E-state index contributed by atoms with van der Waals surface area (Å²) in [5.74, 6) is -0.271. The Labute approximate surface area is 261 Å². The number of carbonyl (C=O) groups is 1. The number of methoxy groups -OCH3 is 2. The third-order valence-corrected chi connectivity index (χ3v) is 8.21. The summed E-state index contributed by atoms with van der Waals surface area (Å²) >= 11 is 0. The van der Waals surface area contributed by atoms with Gasteiger partial charge >= 0.3 is 0 Å². The van der Waals surface area contributed by atoms with Crippen LogP contribution in [0.4, 0.5) is 37.5 Å². The minimum absolute atomic E-state index is 0.313. The Morgan fingerprint density at radius 2 is 1.93 bits per heavy atom. The van der Waals surface area contributed by atoms with E-state index in [1.165, 1.54) is 29.6 Å². The number of nitrogens with one attached hydrogen (secondary N) is 2. The van der Waals surface area contributed by atoms with Gasteiger partial charge in [-0.15, -0.1) is 0 Å². The van der Waals surface area contributed by atoms with Gasteiger partial charge in [0.2, 0.25) is 5.91 Å². The zero-order valence-corrected chi connectivity index (χ0v) is 25.8. The monoisotopic (exact) mass is 623 g/mol. The van der Waals surface area contributed by atoms with E-state index < -0.39 is 17.7 Å². The van der Waals surface area contributed by atoms with Crippen molar-refractivity contribution in [2.75, 3.05) is 74.7 Å². The van der Waals surface area contributed by atoms with Crippen molar-refractivity contribution in [2.45, 2.75) is 31.3 Å². The fourth-order valence-corrected chi connectivity index (χ4v) is 5.77. The van der Waals surface area contributed by atoms with Gasteiger partial charge in [-0.25, -0.2) is 23.8 Å². The van der Waals surface area contributed by atoms with Crippen molar-refractivity contribution < 1.29 is 27.9 Å². The number of carbonyl (C=O) groups excluding carboxylic acids is 1.